The van der Waals surface area contributed by atoms with E-state index in [1.54, 1.807) is 6.07 Å². The third kappa shape index (κ3) is 4.47. The molecule has 5 nitrogen and oxygen atoms in total. The number of oxime groups is 1. The normalized spacial score (nSPS) is 11.2. The van der Waals surface area contributed by atoms with Gasteiger partial charge in [-0.2, -0.15) is 0 Å². The number of nitrogens with zero attached hydrogens (tertiary/aromatic N) is 1. The number of anilines is 1. The summed E-state index contributed by atoms with van der Waals surface area (Å²) in [6.07, 6.45) is 0. The molecular weight excluding hydrogens is 292 g/mol. The molecule has 5 heteroatoms. The van der Waals surface area contributed by atoms with Gasteiger partial charge in [-0.05, 0) is 56.2 Å². The number of rotatable bonds is 7. The van der Waals surface area contributed by atoms with Crippen molar-refractivity contribution in [3.05, 3.63) is 59.2 Å². The maximum absolute atomic E-state index is 9.11. The fourth-order valence-corrected chi connectivity index (χ4v) is 2.16. The third-order valence-electron chi connectivity index (χ3n) is 3.44. The van der Waals surface area contributed by atoms with Crippen molar-refractivity contribution >= 4 is 11.4 Å². The lowest BCUT2D eigenvalue weighted by Gasteiger charge is -2.12. The second-order valence-corrected chi connectivity index (χ2v) is 5.13. The van der Waals surface area contributed by atoms with Gasteiger partial charge < -0.3 is 9.57 Å². The Kier molecular flexibility index (Phi) is 6.00. The van der Waals surface area contributed by atoms with Crippen LogP contribution in [0.1, 0.15) is 30.5 Å². The van der Waals surface area contributed by atoms with E-state index in [2.05, 4.69) is 10.6 Å². The zero-order valence-electron chi connectivity index (χ0n) is 13.7. The van der Waals surface area contributed by atoms with Gasteiger partial charge in [0.1, 0.15) is 19.0 Å². The van der Waals surface area contributed by atoms with Gasteiger partial charge in [0.15, 0.2) is 0 Å². The molecule has 2 aromatic rings. The van der Waals surface area contributed by atoms with Gasteiger partial charge in [-0.25, -0.2) is 0 Å². The number of hydrogen-bond donors (Lipinski definition) is 2. The van der Waals surface area contributed by atoms with Crippen LogP contribution in [0.3, 0.4) is 0 Å². The number of nitrogens with one attached hydrogen (secondary N) is 1. The van der Waals surface area contributed by atoms with E-state index in [1.165, 1.54) is 0 Å². The largest absolute Gasteiger partial charge is 0.489 e. The first-order valence-corrected chi connectivity index (χ1v) is 7.54. The Labute approximate surface area is 136 Å². The lowest BCUT2D eigenvalue weighted by Crippen LogP contribution is -2.03. The molecule has 0 amide bonds. The minimum absolute atomic E-state index is 0.371. The van der Waals surface area contributed by atoms with Gasteiger partial charge in [-0.15, -0.1) is 0 Å². The Morgan fingerprint density at radius 1 is 1.22 bits per heavy atom. The van der Waals surface area contributed by atoms with Crippen molar-refractivity contribution in [2.75, 3.05) is 12.1 Å². The van der Waals surface area contributed by atoms with Crippen molar-refractivity contribution < 1.29 is 14.8 Å². The molecule has 0 heterocycles. The van der Waals surface area contributed by atoms with Gasteiger partial charge in [0.25, 0.3) is 0 Å². The molecule has 0 saturated carbocycles. The molecule has 0 atom stereocenters. The molecule has 2 N–H and O–H groups in total. The van der Waals surface area contributed by atoms with Gasteiger partial charge in [0.05, 0.1) is 11.4 Å². The zero-order valence-corrected chi connectivity index (χ0v) is 13.7. The summed E-state index contributed by atoms with van der Waals surface area (Å²) in [5.74, 6) is 0.797. The lowest BCUT2D eigenvalue weighted by molar-refractivity contribution is 0.159. The van der Waals surface area contributed by atoms with E-state index in [-0.39, 0.29) is 0 Å². The summed E-state index contributed by atoms with van der Waals surface area (Å²) in [5.41, 5.74) is 6.55. The van der Waals surface area contributed by atoms with Crippen LogP contribution in [-0.4, -0.2) is 17.5 Å². The molecule has 0 unspecified atom stereocenters. The molecule has 0 bridgehead atoms. The molecule has 0 radical (unpaired) electrons. The summed E-state index contributed by atoms with van der Waals surface area (Å²) >= 11 is 0. The molecule has 2 rings (SSSR count). The van der Waals surface area contributed by atoms with E-state index in [4.69, 9.17) is 14.8 Å². The van der Waals surface area contributed by atoms with Crippen LogP contribution in [0.4, 0.5) is 5.69 Å². The summed E-state index contributed by atoms with van der Waals surface area (Å²) in [5, 5.41) is 13.1. The maximum atomic E-state index is 9.11. The molecule has 23 heavy (non-hydrogen) atoms. The maximum Gasteiger partial charge on any atom is 0.122 e. The monoisotopic (exact) mass is 314 g/mol. The highest BCUT2D eigenvalue weighted by Gasteiger charge is 2.06. The quantitative estimate of drug-likeness (QED) is 0.595. The third-order valence-corrected chi connectivity index (χ3v) is 3.44. The van der Waals surface area contributed by atoms with E-state index < -0.39 is 0 Å². The topological polar surface area (TPSA) is 63.1 Å². The van der Waals surface area contributed by atoms with Crippen LogP contribution in [0.25, 0.3) is 0 Å². The highest BCUT2D eigenvalue weighted by atomic mass is 16.6. The number of para-hydroxylation sites is 1. The van der Waals surface area contributed by atoms with E-state index >= 15 is 0 Å². The molecule has 2 aromatic carbocycles. The van der Waals surface area contributed by atoms with Crippen molar-refractivity contribution in [2.45, 2.75) is 27.4 Å². The van der Waals surface area contributed by atoms with Gasteiger partial charge in [-0.3, -0.25) is 10.7 Å². The van der Waals surface area contributed by atoms with E-state index in [0.717, 1.165) is 28.2 Å². The van der Waals surface area contributed by atoms with Crippen molar-refractivity contribution in [1.82, 2.24) is 0 Å². The Hall–Kier alpha value is -2.53. The van der Waals surface area contributed by atoms with Crippen molar-refractivity contribution in [3.63, 3.8) is 0 Å². The summed E-state index contributed by atoms with van der Waals surface area (Å²) in [6, 6.07) is 13.3. The van der Waals surface area contributed by atoms with Crippen LogP contribution in [0.15, 0.2) is 47.6 Å². The lowest BCUT2D eigenvalue weighted by atomic mass is 10.1. The van der Waals surface area contributed by atoms with Crippen LogP contribution >= 0.6 is 0 Å². The Morgan fingerprint density at radius 3 is 2.70 bits per heavy atom. The molecule has 0 saturated heterocycles. The molecule has 0 aliphatic rings. The predicted molar refractivity (Wildman–Crippen MR) is 91.2 cm³/mol. The Morgan fingerprint density at radius 2 is 2.00 bits per heavy atom. The van der Waals surface area contributed by atoms with Gasteiger partial charge in [0.2, 0.25) is 0 Å². The first-order valence-electron chi connectivity index (χ1n) is 7.54. The summed E-state index contributed by atoms with van der Waals surface area (Å²) < 4.78 is 5.86. The van der Waals surface area contributed by atoms with E-state index in [9.17, 15) is 0 Å². The van der Waals surface area contributed by atoms with Crippen molar-refractivity contribution in [3.8, 4) is 5.75 Å². The fraction of sp³-hybridized carbons (Fsp3) is 0.278. The molecule has 0 spiro atoms. The van der Waals surface area contributed by atoms with E-state index in [1.807, 2.05) is 57.2 Å². The van der Waals surface area contributed by atoms with Crippen molar-refractivity contribution in [2.24, 2.45) is 5.16 Å². The van der Waals surface area contributed by atoms with Crippen molar-refractivity contribution in [1.29, 1.82) is 0 Å². The fourth-order valence-electron chi connectivity index (χ4n) is 2.16. The van der Waals surface area contributed by atoms with Gasteiger partial charge >= 0.3 is 0 Å². The number of ether oxygens (including phenoxy) is 1. The average molecular weight is 314 g/mol. The highest BCUT2D eigenvalue weighted by molar-refractivity contribution is 5.98. The number of benzene rings is 2. The smallest absolute Gasteiger partial charge is 0.122 e. The molecular formula is C18H22N2O3. The number of hydrogen-bond acceptors (Lipinski definition) is 5. The Bertz CT molecular complexity index is 684. The zero-order chi connectivity index (χ0) is 16.7. The Balaban J connectivity index is 2.09. The van der Waals surface area contributed by atoms with Crippen LogP contribution in [0.5, 0.6) is 5.75 Å². The van der Waals surface area contributed by atoms with Crippen LogP contribution in [-0.2, 0) is 11.4 Å². The first-order chi connectivity index (χ1) is 11.2. The van der Waals surface area contributed by atoms with E-state index in [0.29, 0.717) is 18.9 Å². The van der Waals surface area contributed by atoms with Crippen LogP contribution in [0.2, 0.25) is 0 Å². The summed E-state index contributed by atoms with van der Waals surface area (Å²) in [4.78, 5) is 5.08. The second-order valence-electron chi connectivity index (χ2n) is 5.13. The summed E-state index contributed by atoms with van der Waals surface area (Å²) in [6.45, 7) is 6.72. The average Bonchev–Trinajstić information content (AvgIpc) is 2.58. The SMILES string of the molecule is CCO/N=C(\C)c1ccc(OCc2ccccc2NO)c(C)c1. The number of aryl methyl sites for hydroxylation is 1. The van der Waals surface area contributed by atoms with Gasteiger partial charge in [-0.1, -0.05) is 23.4 Å². The minimum Gasteiger partial charge on any atom is -0.489 e. The molecule has 0 aliphatic carbocycles. The molecule has 0 fully saturated rings. The molecule has 122 valence electrons. The highest BCUT2D eigenvalue weighted by Crippen LogP contribution is 2.23. The summed E-state index contributed by atoms with van der Waals surface area (Å²) in [7, 11) is 0. The minimum atomic E-state index is 0.371. The molecule has 0 aliphatic heterocycles. The molecule has 0 aromatic heterocycles. The van der Waals surface area contributed by atoms with Gasteiger partial charge in [0, 0.05) is 5.56 Å². The first kappa shape index (κ1) is 16.8. The van der Waals surface area contributed by atoms with Crippen LogP contribution in [0, 0.1) is 6.92 Å². The standard InChI is InChI=1S/C18H22N2O3/c1-4-23-20-14(3)15-9-10-18(13(2)11-15)22-12-16-7-5-6-8-17(16)19-21/h5-11,19,21H,4,12H2,1-3H3/b20-14+. The predicted octanol–water partition coefficient (Wildman–Crippen LogP) is 4.14. The van der Waals surface area contributed by atoms with Crippen LogP contribution < -0.4 is 10.2 Å². The second kappa shape index (κ2) is 8.19.